The number of Topliss-reactive ketones (excluding diaryl/α,β-unsaturated/α-hetero) is 1. The Morgan fingerprint density at radius 3 is 2.62 bits per heavy atom. The molecule has 6 heteroatoms. The van der Waals surface area contributed by atoms with E-state index in [9.17, 15) is 4.79 Å². The first-order valence-electron chi connectivity index (χ1n) is 10.9. The van der Waals surface area contributed by atoms with Crippen LogP contribution in [0.5, 0.6) is 11.5 Å². The number of benzene rings is 2. The van der Waals surface area contributed by atoms with Crippen LogP contribution in [0, 0.1) is 0 Å². The van der Waals surface area contributed by atoms with Crippen molar-refractivity contribution in [1.29, 1.82) is 0 Å². The molecule has 1 aliphatic heterocycles. The molecule has 5 nitrogen and oxygen atoms in total. The lowest BCUT2D eigenvalue weighted by Gasteiger charge is -2.29. The summed E-state index contributed by atoms with van der Waals surface area (Å²) in [5.41, 5.74) is 4.74. The second kappa shape index (κ2) is 8.71. The average molecular weight is 447 g/mol. The van der Waals surface area contributed by atoms with E-state index >= 15 is 0 Å². The summed E-state index contributed by atoms with van der Waals surface area (Å²) < 4.78 is 11.3. The van der Waals surface area contributed by atoms with Crippen LogP contribution >= 0.6 is 11.3 Å². The minimum Gasteiger partial charge on any atom is -0.493 e. The number of ketones is 1. The van der Waals surface area contributed by atoms with E-state index in [-0.39, 0.29) is 17.7 Å². The summed E-state index contributed by atoms with van der Waals surface area (Å²) in [6.45, 7) is 2.49. The third kappa shape index (κ3) is 3.75. The van der Waals surface area contributed by atoms with Crippen molar-refractivity contribution in [3.05, 3.63) is 81.7 Å². The standard InChI is InChI=1S/C26H26N2O3S/c1-3-31-23-15-16(10-11-22(23)30-2)26-25-20(27-18-7-4-5-8-19(18)28-26)13-17(14-21(25)29)24-9-6-12-32-24/h4-12,15,17,26-28H,3,13-14H2,1-2H3/t17-,26+/m1/s1. The second-order valence-electron chi connectivity index (χ2n) is 8.03. The van der Waals surface area contributed by atoms with Gasteiger partial charge in [0, 0.05) is 28.5 Å². The molecule has 1 aromatic heterocycles. The highest BCUT2D eigenvalue weighted by molar-refractivity contribution is 7.10. The Bertz CT molecular complexity index is 1170. The van der Waals surface area contributed by atoms with Gasteiger partial charge >= 0.3 is 0 Å². The number of carbonyl (C=O) groups is 1. The van der Waals surface area contributed by atoms with E-state index in [0.717, 1.165) is 34.6 Å². The third-order valence-electron chi connectivity index (χ3n) is 6.08. The van der Waals surface area contributed by atoms with Gasteiger partial charge in [-0.15, -0.1) is 11.3 Å². The molecule has 2 aliphatic rings. The van der Waals surface area contributed by atoms with Gasteiger partial charge in [0.15, 0.2) is 17.3 Å². The summed E-state index contributed by atoms with van der Waals surface area (Å²) >= 11 is 1.72. The van der Waals surface area contributed by atoms with Crippen LogP contribution in [-0.4, -0.2) is 19.5 Å². The number of rotatable bonds is 5. The topological polar surface area (TPSA) is 59.6 Å². The maximum atomic E-state index is 13.6. The highest BCUT2D eigenvalue weighted by Crippen LogP contribution is 2.45. The van der Waals surface area contributed by atoms with Gasteiger partial charge in [0.1, 0.15) is 0 Å². The van der Waals surface area contributed by atoms with Gasteiger partial charge < -0.3 is 20.1 Å². The first-order chi connectivity index (χ1) is 15.7. The van der Waals surface area contributed by atoms with E-state index in [1.807, 2.05) is 49.4 Å². The Labute approximate surface area is 192 Å². The summed E-state index contributed by atoms with van der Waals surface area (Å²) in [4.78, 5) is 14.8. The molecule has 5 rings (SSSR count). The molecule has 0 saturated carbocycles. The summed E-state index contributed by atoms with van der Waals surface area (Å²) in [7, 11) is 1.64. The number of para-hydroxylation sites is 2. The minimum atomic E-state index is -0.275. The summed E-state index contributed by atoms with van der Waals surface area (Å²) in [6.07, 6.45) is 1.33. The molecule has 1 aliphatic carbocycles. The Morgan fingerprint density at radius 2 is 1.88 bits per heavy atom. The van der Waals surface area contributed by atoms with Gasteiger partial charge in [0.25, 0.3) is 0 Å². The molecule has 0 bridgehead atoms. The SMILES string of the molecule is CCOc1cc([C@@H]2Nc3ccccc3NC3=C2C(=O)C[C@H](c2cccs2)C3)ccc1OC. The smallest absolute Gasteiger partial charge is 0.163 e. The Morgan fingerprint density at radius 1 is 1.03 bits per heavy atom. The van der Waals surface area contributed by atoms with Crippen molar-refractivity contribution in [3.8, 4) is 11.5 Å². The lowest BCUT2D eigenvalue weighted by Crippen LogP contribution is -2.26. The van der Waals surface area contributed by atoms with Crippen molar-refractivity contribution >= 4 is 28.5 Å². The molecule has 2 N–H and O–H groups in total. The fraction of sp³-hybridized carbons (Fsp3) is 0.269. The van der Waals surface area contributed by atoms with Crippen LogP contribution in [0.15, 0.2) is 71.2 Å². The van der Waals surface area contributed by atoms with Gasteiger partial charge in [-0.25, -0.2) is 0 Å². The third-order valence-corrected chi connectivity index (χ3v) is 7.11. The van der Waals surface area contributed by atoms with Crippen molar-refractivity contribution in [2.24, 2.45) is 0 Å². The molecule has 2 atom stereocenters. The molecule has 164 valence electrons. The quantitative estimate of drug-likeness (QED) is 0.493. The molecule has 3 aromatic rings. The molecule has 0 spiro atoms. The predicted octanol–water partition coefficient (Wildman–Crippen LogP) is 6.13. The molecule has 0 amide bonds. The molecule has 32 heavy (non-hydrogen) atoms. The lowest BCUT2D eigenvalue weighted by atomic mass is 9.80. The molecular weight excluding hydrogens is 420 g/mol. The predicted molar refractivity (Wildman–Crippen MR) is 129 cm³/mol. The van der Waals surface area contributed by atoms with E-state index in [2.05, 4.69) is 28.1 Å². The molecule has 0 unspecified atom stereocenters. The van der Waals surface area contributed by atoms with Crippen LogP contribution in [0.3, 0.4) is 0 Å². The largest absolute Gasteiger partial charge is 0.493 e. The number of ether oxygens (including phenoxy) is 2. The van der Waals surface area contributed by atoms with E-state index in [0.29, 0.717) is 24.5 Å². The molecule has 2 heterocycles. The highest BCUT2D eigenvalue weighted by Gasteiger charge is 2.36. The van der Waals surface area contributed by atoms with Crippen molar-refractivity contribution in [2.45, 2.75) is 31.7 Å². The Kier molecular flexibility index (Phi) is 5.62. The molecule has 2 aromatic carbocycles. The summed E-state index contributed by atoms with van der Waals surface area (Å²) in [5.74, 6) is 1.75. The number of nitrogens with one attached hydrogen (secondary N) is 2. The summed E-state index contributed by atoms with van der Waals surface area (Å²) in [6, 6.07) is 17.9. The number of hydrogen-bond donors (Lipinski definition) is 2. The zero-order chi connectivity index (χ0) is 22.1. The maximum Gasteiger partial charge on any atom is 0.163 e. The van der Waals surface area contributed by atoms with Gasteiger partial charge in [-0.1, -0.05) is 24.3 Å². The number of carbonyl (C=O) groups excluding carboxylic acids is 1. The molecule has 0 saturated heterocycles. The highest BCUT2D eigenvalue weighted by atomic mass is 32.1. The van der Waals surface area contributed by atoms with Gasteiger partial charge in [-0.3, -0.25) is 4.79 Å². The number of allylic oxidation sites excluding steroid dienone is 1. The first kappa shape index (κ1) is 20.6. The number of methoxy groups -OCH3 is 1. The van der Waals surface area contributed by atoms with Gasteiger partial charge in [0.2, 0.25) is 0 Å². The number of thiophene rings is 1. The van der Waals surface area contributed by atoms with Crippen LogP contribution < -0.4 is 20.1 Å². The van der Waals surface area contributed by atoms with E-state index in [1.165, 1.54) is 4.88 Å². The normalized spacial score (nSPS) is 19.9. The number of fused-ring (bicyclic) bond motifs is 1. The first-order valence-corrected chi connectivity index (χ1v) is 11.8. The van der Waals surface area contributed by atoms with Gasteiger partial charge in [-0.2, -0.15) is 0 Å². The van der Waals surface area contributed by atoms with E-state index < -0.39 is 0 Å². The van der Waals surface area contributed by atoms with Gasteiger partial charge in [0.05, 0.1) is 31.1 Å². The van der Waals surface area contributed by atoms with Crippen LogP contribution in [0.2, 0.25) is 0 Å². The van der Waals surface area contributed by atoms with Crippen LogP contribution in [0.25, 0.3) is 0 Å². The fourth-order valence-corrected chi connectivity index (χ4v) is 5.44. The van der Waals surface area contributed by atoms with Crippen LogP contribution in [0.4, 0.5) is 11.4 Å². The molecule has 0 radical (unpaired) electrons. The Balaban J connectivity index is 1.62. The van der Waals surface area contributed by atoms with Crippen molar-refractivity contribution in [2.75, 3.05) is 24.4 Å². The zero-order valence-electron chi connectivity index (χ0n) is 18.2. The number of anilines is 2. The summed E-state index contributed by atoms with van der Waals surface area (Å²) in [5, 5.41) is 9.30. The zero-order valence-corrected chi connectivity index (χ0v) is 19.0. The maximum absolute atomic E-state index is 13.6. The second-order valence-corrected chi connectivity index (χ2v) is 9.01. The van der Waals surface area contributed by atoms with E-state index in [4.69, 9.17) is 9.47 Å². The molecule has 0 fully saturated rings. The van der Waals surface area contributed by atoms with Crippen LogP contribution in [0.1, 0.15) is 42.2 Å². The number of hydrogen-bond acceptors (Lipinski definition) is 6. The Hall–Kier alpha value is -3.25. The lowest BCUT2D eigenvalue weighted by molar-refractivity contribution is -0.116. The monoisotopic (exact) mass is 446 g/mol. The fourth-order valence-electron chi connectivity index (χ4n) is 4.61. The average Bonchev–Trinajstić information content (AvgIpc) is 3.28. The van der Waals surface area contributed by atoms with Crippen molar-refractivity contribution in [3.63, 3.8) is 0 Å². The van der Waals surface area contributed by atoms with Crippen molar-refractivity contribution in [1.82, 2.24) is 0 Å². The van der Waals surface area contributed by atoms with Crippen molar-refractivity contribution < 1.29 is 14.3 Å². The minimum absolute atomic E-state index is 0.177. The van der Waals surface area contributed by atoms with Gasteiger partial charge in [-0.05, 0) is 54.6 Å². The molecular formula is C26H26N2O3S. The van der Waals surface area contributed by atoms with E-state index in [1.54, 1.807) is 18.4 Å². The van der Waals surface area contributed by atoms with Crippen LogP contribution in [-0.2, 0) is 4.79 Å².